The van der Waals surface area contributed by atoms with Crippen molar-refractivity contribution in [3.05, 3.63) is 24.0 Å². The zero-order valence-electron chi connectivity index (χ0n) is 10.0. The monoisotopic (exact) mass is 249 g/mol. The fraction of sp³-hybridized carbons (Fsp3) is 0.417. The molecule has 1 saturated carbocycles. The van der Waals surface area contributed by atoms with Crippen LogP contribution in [0.2, 0.25) is 0 Å². The summed E-state index contributed by atoms with van der Waals surface area (Å²) in [5.74, 6) is -0.988. The van der Waals surface area contributed by atoms with Crippen molar-refractivity contribution < 1.29 is 14.7 Å². The summed E-state index contributed by atoms with van der Waals surface area (Å²) in [4.78, 5) is 27.2. The second-order valence-electron chi connectivity index (χ2n) is 4.35. The largest absolute Gasteiger partial charge is 0.505 e. The van der Waals surface area contributed by atoms with Crippen molar-refractivity contribution in [1.82, 2.24) is 15.6 Å². The summed E-state index contributed by atoms with van der Waals surface area (Å²) in [7, 11) is 0. The van der Waals surface area contributed by atoms with Crippen molar-refractivity contribution in [3.63, 3.8) is 0 Å². The molecule has 3 N–H and O–H groups in total. The summed E-state index contributed by atoms with van der Waals surface area (Å²) in [6, 6.07) is 2.49. The van der Waals surface area contributed by atoms with Gasteiger partial charge in [-0.1, -0.05) is 0 Å². The lowest BCUT2D eigenvalue weighted by molar-refractivity contribution is -0.122. The topological polar surface area (TPSA) is 91.3 Å². The van der Waals surface area contributed by atoms with E-state index in [1.807, 2.05) is 0 Å². The number of pyridine rings is 1. The molecule has 2 rings (SSSR count). The molecular weight excluding hydrogens is 234 g/mol. The van der Waals surface area contributed by atoms with E-state index in [9.17, 15) is 14.7 Å². The molecule has 0 aliphatic heterocycles. The molecule has 0 radical (unpaired) electrons. The third-order valence-electron chi connectivity index (χ3n) is 2.67. The van der Waals surface area contributed by atoms with Crippen LogP contribution < -0.4 is 10.6 Å². The van der Waals surface area contributed by atoms with Gasteiger partial charge in [-0.05, 0) is 31.9 Å². The van der Waals surface area contributed by atoms with E-state index < -0.39 is 11.9 Å². The fourth-order valence-electron chi connectivity index (χ4n) is 1.46. The third kappa shape index (κ3) is 2.97. The van der Waals surface area contributed by atoms with Crippen LogP contribution >= 0.6 is 0 Å². The first-order valence-electron chi connectivity index (χ1n) is 5.83. The summed E-state index contributed by atoms with van der Waals surface area (Å²) in [5.41, 5.74) is -0.0800. The number of hydrogen-bond acceptors (Lipinski definition) is 4. The molecule has 0 bridgehead atoms. The molecule has 1 aromatic heterocycles. The minimum atomic E-state index is -0.653. The number of carbonyl (C=O) groups is 2. The van der Waals surface area contributed by atoms with E-state index in [-0.39, 0.29) is 23.4 Å². The van der Waals surface area contributed by atoms with Crippen LogP contribution in [0.4, 0.5) is 0 Å². The number of carbonyl (C=O) groups excluding carboxylic acids is 2. The molecular formula is C12H15N3O3. The van der Waals surface area contributed by atoms with Crippen LogP contribution in [0.5, 0.6) is 5.75 Å². The lowest BCUT2D eigenvalue weighted by atomic mass is 10.2. The second kappa shape index (κ2) is 5.03. The van der Waals surface area contributed by atoms with Gasteiger partial charge in [0, 0.05) is 12.2 Å². The van der Waals surface area contributed by atoms with Crippen LogP contribution in [0.1, 0.15) is 30.3 Å². The maximum absolute atomic E-state index is 11.8. The Balaban J connectivity index is 1.94. The Morgan fingerprint density at radius 2 is 2.22 bits per heavy atom. The minimum absolute atomic E-state index is 0.0800. The molecule has 18 heavy (non-hydrogen) atoms. The van der Waals surface area contributed by atoms with Crippen LogP contribution in [0.15, 0.2) is 18.3 Å². The van der Waals surface area contributed by atoms with E-state index in [2.05, 4.69) is 15.6 Å². The van der Waals surface area contributed by atoms with Gasteiger partial charge < -0.3 is 15.7 Å². The summed E-state index contributed by atoms with van der Waals surface area (Å²) in [6.07, 6.45) is 3.39. The smallest absolute Gasteiger partial charge is 0.274 e. The molecule has 0 saturated heterocycles. The van der Waals surface area contributed by atoms with E-state index in [0.717, 1.165) is 12.8 Å². The maximum atomic E-state index is 11.8. The highest BCUT2D eigenvalue weighted by Gasteiger charge is 2.26. The maximum Gasteiger partial charge on any atom is 0.274 e. The highest BCUT2D eigenvalue weighted by Crippen LogP contribution is 2.18. The fourth-order valence-corrected chi connectivity index (χ4v) is 1.46. The molecule has 6 heteroatoms. The summed E-state index contributed by atoms with van der Waals surface area (Å²) >= 11 is 0. The van der Waals surface area contributed by atoms with Crippen LogP contribution in [0.25, 0.3) is 0 Å². The van der Waals surface area contributed by atoms with Crippen molar-refractivity contribution in [3.8, 4) is 5.75 Å². The summed E-state index contributed by atoms with van der Waals surface area (Å²) < 4.78 is 0. The molecule has 2 amide bonds. The first-order chi connectivity index (χ1) is 8.58. The van der Waals surface area contributed by atoms with Crippen molar-refractivity contribution in [2.75, 3.05) is 0 Å². The Morgan fingerprint density at radius 3 is 2.83 bits per heavy atom. The zero-order chi connectivity index (χ0) is 13.1. The molecule has 0 aromatic carbocycles. The predicted octanol–water partition coefficient (Wildman–Crippen LogP) is 0.184. The van der Waals surface area contributed by atoms with Gasteiger partial charge in [-0.15, -0.1) is 0 Å². The Labute approximate surface area is 104 Å². The van der Waals surface area contributed by atoms with Gasteiger partial charge in [-0.2, -0.15) is 0 Å². The lowest BCUT2D eigenvalue weighted by Crippen LogP contribution is -2.45. The third-order valence-corrected chi connectivity index (χ3v) is 2.67. The molecule has 1 fully saturated rings. The highest BCUT2D eigenvalue weighted by atomic mass is 16.3. The van der Waals surface area contributed by atoms with E-state index in [1.165, 1.54) is 18.3 Å². The van der Waals surface area contributed by atoms with Crippen molar-refractivity contribution >= 4 is 11.8 Å². The molecule has 1 aliphatic rings. The zero-order valence-corrected chi connectivity index (χ0v) is 10.0. The quantitative estimate of drug-likeness (QED) is 0.710. The van der Waals surface area contributed by atoms with Gasteiger partial charge >= 0.3 is 0 Å². The van der Waals surface area contributed by atoms with E-state index in [1.54, 1.807) is 6.92 Å². The Morgan fingerprint density at radius 1 is 1.50 bits per heavy atom. The lowest BCUT2D eigenvalue weighted by Gasteiger charge is -2.13. The van der Waals surface area contributed by atoms with Gasteiger partial charge in [0.05, 0.1) is 0 Å². The predicted molar refractivity (Wildman–Crippen MR) is 64.0 cm³/mol. The van der Waals surface area contributed by atoms with Gasteiger partial charge in [0.1, 0.15) is 11.8 Å². The standard InChI is InChI=1S/C12H15N3O3/c1-7(11(17)15-8-4-5-8)14-12(18)10-9(16)3-2-6-13-10/h2-3,6-8,16H,4-5H2,1H3,(H,14,18)(H,15,17). The summed E-state index contributed by atoms with van der Waals surface area (Å²) in [5, 5.41) is 14.7. The van der Waals surface area contributed by atoms with Gasteiger partial charge in [-0.3, -0.25) is 9.59 Å². The number of amides is 2. The van der Waals surface area contributed by atoms with Crippen molar-refractivity contribution in [1.29, 1.82) is 0 Å². The first kappa shape index (κ1) is 12.3. The van der Waals surface area contributed by atoms with Crippen LogP contribution in [-0.2, 0) is 4.79 Å². The van der Waals surface area contributed by atoms with E-state index >= 15 is 0 Å². The molecule has 1 atom stereocenters. The number of nitrogens with one attached hydrogen (secondary N) is 2. The normalized spacial score (nSPS) is 15.8. The van der Waals surface area contributed by atoms with Crippen molar-refractivity contribution in [2.45, 2.75) is 31.8 Å². The number of nitrogens with zero attached hydrogens (tertiary/aromatic N) is 1. The Bertz CT molecular complexity index is 471. The number of rotatable bonds is 4. The van der Waals surface area contributed by atoms with Gasteiger partial charge in [0.25, 0.3) is 5.91 Å². The molecule has 1 heterocycles. The van der Waals surface area contributed by atoms with Gasteiger partial charge in [0.2, 0.25) is 5.91 Å². The van der Waals surface area contributed by atoms with Crippen LogP contribution in [0.3, 0.4) is 0 Å². The van der Waals surface area contributed by atoms with Crippen LogP contribution in [0, 0.1) is 0 Å². The molecule has 1 aliphatic carbocycles. The Hall–Kier alpha value is -2.11. The summed E-state index contributed by atoms with van der Waals surface area (Å²) in [6.45, 7) is 1.59. The molecule has 0 spiro atoms. The van der Waals surface area contributed by atoms with Crippen molar-refractivity contribution in [2.24, 2.45) is 0 Å². The van der Waals surface area contributed by atoms with E-state index in [0.29, 0.717) is 0 Å². The number of aromatic hydroxyl groups is 1. The average Bonchev–Trinajstić information content (AvgIpc) is 3.13. The van der Waals surface area contributed by atoms with E-state index in [4.69, 9.17) is 0 Å². The first-order valence-corrected chi connectivity index (χ1v) is 5.83. The highest BCUT2D eigenvalue weighted by molar-refractivity contribution is 5.97. The average molecular weight is 249 g/mol. The minimum Gasteiger partial charge on any atom is -0.505 e. The van der Waals surface area contributed by atoms with Crippen LogP contribution in [-0.4, -0.2) is 34.0 Å². The number of aromatic nitrogens is 1. The number of hydrogen-bond donors (Lipinski definition) is 3. The molecule has 96 valence electrons. The Kier molecular flexibility index (Phi) is 3.45. The SMILES string of the molecule is CC(NC(=O)c1ncccc1O)C(=O)NC1CC1. The van der Waals surface area contributed by atoms with Gasteiger partial charge in [-0.25, -0.2) is 4.98 Å². The van der Waals surface area contributed by atoms with Gasteiger partial charge in [0.15, 0.2) is 5.69 Å². The molecule has 6 nitrogen and oxygen atoms in total. The molecule has 1 unspecified atom stereocenters. The second-order valence-corrected chi connectivity index (χ2v) is 4.35. The molecule has 1 aromatic rings.